The van der Waals surface area contributed by atoms with Gasteiger partial charge in [0.15, 0.2) is 0 Å². The van der Waals surface area contributed by atoms with Gasteiger partial charge in [-0.05, 0) is 72.9 Å². The molecule has 1 aromatic carbocycles. The molecule has 3 N–H and O–H groups in total. The third kappa shape index (κ3) is 3.39. The van der Waals surface area contributed by atoms with E-state index >= 15 is 0 Å². The number of rotatable bonds is 3. The molecule has 0 aromatic heterocycles. The van der Waals surface area contributed by atoms with Crippen LogP contribution in [0.4, 0.5) is 11.4 Å². The molecule has 0 radical (unpaired) electrons. The van der Waals surface area contributed by atoms with Crippen molar-refractivity contribution in [1.29, 1.82) is 0 Å². The maximum absolute atomic E-state index is 5.88. The molecule has 1 unspecified atom stereocenters. The predicted octanol–water partition coefficient (Wildman–Crippen LogP) is 3.09. The molecule has 3 nitrogen and oxygen atoms in total. The number of piperidine rings is 1. The molecule has 1 aliphatic heterocycles. The van der Waals surface area contributed by atoms with Gasteiger partial charge in [-0.3, -0.25) is 0 Å². The van der Waals surface area contributed by atoms with Crippen molar-refractivity contribution in [2.75, 3.05) is 37.7 Å². The summed E-state index contributed by atoms with van der Waals surface area (Å²) in [6.45, 7) is 5.51. The average Bonchev–Trinajstić information content (AvgIpc) is 2.32. The lowest BCUT2D eigenvalue weighted by molar-refractivity contribution is 0.217. The molecular weight excluding hydrogens is 290 g/mol. The van der Waals surface area contributed by atoms with Gasteiger partial charge in [0.2, 0.25) is 0 Å². The zero-order valence-electron chi connectivity index (χ0n) is 11.2. The number of halogens is 1. The van der Waals surface area contributed by atoms with Crippen LogP contribution in [-0.4, -0.2) is 31.6 Å². The first-order chi connectivity index (χ1) is 8.56. The van der Waals surface area contributed by atoms with E-state index in [1.165, 1.54) is 25.9 Å². The zero-order valence-corrected chi connectivity index (χ0v) is 12.8. The van der Waals surface area contributed by atoms with E-state index in [9.17, 15) is 0 Å². The third-order valence-corrected chi connectivity index (χ3v) is 4.32. The second kappa shape index (κ2) is 5.93. The first-order valence-electron chi connectivity index (χ1n) is 6.54. The van der Waals surface area contributed by atoms with E-state index in [0.29, 0.717) is 0 Å². The van der Waals surface area contributed by atoms with Crippen LogP contribution in [0.5, 0.6) is 0 Å². The van der Waals surface area contributed by atoms with Crippen molar-refractivity contribution in [1.82, 2.24) is 4.90 Å². The summed E-state index contributed by atoms with van der Waals surface area (Å²) >= 11 is 3.57. The van der Waals surface area contributed by atoms with Crippen LogP contribution in [0.15, 0.2) is 16.6 Å². The maximum atomic E-state index is 5.88. The number of anilines is 2. The number of aryl methyl sites for hydroxylation is 1. The highest BCUT2D eigenvalue weighted by molar-refractivity contribution is 9.10. The molecule has 0 amide bonds. The number of nitrogens with zero attached hydrogens (tertiary/aromatic N) is 1. The van der Waals surface area contributed by atoms with Crippen molar-refractivity contribution in [3.05, 3.63) is 22.2 Å². The molecule has 4 heteroatoms. The standard InChI is InChI=1S/C14H22BrN3/c1-10-6-14(12(15)7-13(10)16)17-8-11-4-3-5-18(2)9-11/h6-7,11,17H,3-5,8-9,16H2,1-2H3. The fraction of sp³-hybridized carbons (Fsp3) is 0.571. The summed E-state index contributed by atoms with van der Waals surface area (Å²) in [4.78, 5) is 2.42. The van der Waals surface area contributed by atoms with E-state index < -0.39 is 0 Å². The number of nitrogen functional groups attached to an aromatic ring is 1. The van der Waals surface area contributed by atoms with Crippen LogP contribution in [-0.2, 0) is 0 Å². The molecule has 18 heavy (non-hydrogen) atoms. The smallest absolute Gasteiger partial charge is 0.0488 e. The van der Waals surface area contributed by atoms with Gasteiger partial charge in [-0.25, -0.2) is 0 Å². The number of nitrogens with one attached hydrogen (secondary N) is 1. The van der Waals surface area contributed by atoms with Gasteiger partial charge in [-0.15, -0.1) is 0 Å². The Bertz CT molecular complexity index is 420. The van der Waals surface area contributed by atoms with E-state index in [4.69, 9.17) is 5.73 Å². The molecule has 1 saturated heterocycles. The first kappa shape index (κ1) is 13.7. The van der Waals surface area contributed by atoms with Gasteiger partial charge < -0.3 is 16.0 Å². The quantitative estimate of drug-likeness (QED) is 0.843. The van der Waals surface area contributed by atoms with Gasteiger partial charge in [0.1, 0.15) is 0 Å². The third-order valence-electron chi connectivity index (χ3n) is 3.66. The SMILES string of the molecule is Cc1cc(NCC2CCCN(C)C2)c(Br)cc1N. The number of hydrogen-bond donors (Lipinski definition) is 2. The molecule has 0 bridgehead atoms. The first-order valence-corrected chi connectivity index (χ1v) is 7.33. The van der Waals surface area contributed by atoms with Crippen LogP contribution >= 0.6 is 15.9 Å². The van der Waals surface area contributed by atoms with E-state index in [2.05, 4.69) is 39.3 Å². The van der Waals surface area contributed by atoms with Crippen LogP contribution in [0.1, 0.15) is 18.4 Å². The monoisotopic (exact) mass is 311 g/mol. The molecule has 1 atom stereocenters. The summed E-state index contributed by atoms with van der Waals surface area (Å²) in [7, 11) is 2.20. The van der Waals surface area contributed by atoms with Crippen molar-refractivity contribution in [3.8, 4) is 0 Å². The number of likely N-dealkylation sites (tertiary alicyclic amines) is 1. The van der Waals surface area contributed by atoms with Crippen LogP contribution < -0.4 is 11.1 Å². The minimum absolute atomic E-state index is 0.744. The molecule has 1 aliphatic rings. The van der Waals surface area contributed by atoms with Gasteiger partial charge in [0.25, 0.3) is 0 Å². The number of hydrogen-bond acceptors (Lipinski definition) is 3. The second-order valence-electron chi connectivity index (χ2n) is 5.34. The lowest BCUT2D eigenvalue weighted by Gasteiger charge is -2.30. The summed E-state index contributed by atoms with van der Waals surface area (Å²) in [5.41, 5.74) is 8.99. The highest BCUT2D eigenvalue weighted by Gasteiger charge is 2.17. The van der Waals surface area contributed by atoms with Crippen molar-refractivity contribution in [2.24, 2.45) is 5.92 Å². The summed E-state index contributed by atoms with van der Waals surface area (Å²) in [5, 5.41) is 3.54. The molecule has 100 valence electrons. The highest BCUT2D eigenvalue weighted by Crippen LogP contribution is 2.28. The van der Waals surface area contributed by atoms with Gasteiger partial charge >= 0.3 is 0 Å². The van der Waals surface area contributed by atoms with E-state index in [-0.39, 0.29) is 0 Å². The molecule has 0 saturated carbocycles. The Kier molecular flexibility index (Phi) is 4.51. The fourth-order valence-electron chi connectivity index (χ4n) is 2.53. The molecule has 0 aliphatic carbocycles. The average molecular weight is 312 g/mol. The lowest BCUT2D eigenvalue weighted by atomic mass is 9.98. The molecule has 0 spiro atoms. The van der Waals surface area contributed by atoms with Gasteiger partial charge in [0.05, 0.1) is 0 Å². The number of benzene rings is 1. The maximum Gasteiger partial charge on any atom is 0.0488 e. The van der Waals surface area contributed by atoms with Gasteiger partial charge in [-0.1, -0.05) is 0 Å². The highest BCUT2D eigenvalue weighted by atomic mass is 79.9. The predicted molar refractivity (Wildman–Crippen MR) is 82.0 cm³/mol. The van der Waals surface area contributed by atoms with Gasteiger partial charge in [0, 0.05) is 28.9 Å². The molecule has 1 fully saturated rings. The van der Waals surface area contributed by atoms with E-state index in [1.54, 1.807) is 0 Å². The summed E-state index contributed by atoms with van der Waals surface area (Å²) in [6.07, 6.45) is 2.63. The molecular formula is C14H22BrN3. The normalized spacial score (nSPS) is 20.9. The molecule has 2 rings (SSSR count). The zero-order chi connectivity index (χ0) is 13.1. The minimum atomic E-state index is 0.744. The van der Waals surface area contributed by atoms with Crippen LogP contribution in [0.25, 0.3) is 0 Å². The van der Waals surface area contributed by atoms with Gasteiger partial charge in [-0.2, -0.15) is 0 Å². The topological polar surface area (TPSA) is 41.3 Å². The Balaban J connectivity index is 1.95. The Labute approximate surface area is 118 Å². The van der Waals surface area contributed by atoms with Crippen LogP contribution in [0.2, 0.25) is 0 Å². The van der Waals surface area contributed by atoms with Crippen molar-refractivity contribution in [3.63, 3.8) is 0 Å². The van der Waals surface area contributed by atoms with E-state index in [0.717, 1.165) is 33.9 Å². The fourth-order valence-corrected chi connectivity index (χ4v) is 3.03. The van der Waals surface area contributed by atoms with Crippen LogP contribution in [0, 0.1) is 12.8 Å². The lowest BCUT2D eigenvalue weighted by Crippen LogP contribution is -2.35. The molecule has 1 heterocycles. The van der Waals surface area contributed by atoms with Crippen molar-refractivity contribution < 1.29 is 0 Å². The van der Waals surface area contributed by atoms with Crippen LogP contribution in [0.3, 0.4) is 0 Å². The second-order valence-corrected chi connectivity index (χ2v) is 6.19. The van der Waals surface area contributed by atoms with Crippen molar-refractivity contribution in [2.45, 2.75) is 19.8 Å². The Morgan fingerprint density at radius 3 is 3.00 bits per heavy atom. The summed E-state index contributed by atoms with van der Waals surface area (Å²) in [5.74, 6) is 0.744. The molecule has 1 aromatic rings. The summed E-state index contributed by atoms with van der Waals surface area (Å²) < 4.78 is 1.05. The minimum Gasteiger partial charge on any atom is -0.398 e. The Morgan fingerprint density at radius 1 is 1.50 bits per heavy atom. The Hall–Kier alpha value is -0.740. The number of nitrogens with two attached hydrogens (primary N) is 1. The van der Waals surface area contributed by atoms with E-state index in [1.807, 2.05) is 13.0 Å². The Morgan fingerprint density at radius 2 is 2.28 bits per heavy atom. The van der Waals surface area contributed by atoms with Crippen molar-refractivity contribution >= 4 is 27.3 Å². The largest absolute Gasteiger partial charge is 0.398 e. The summed E-state index contributed by atoms with van der Waals surface area (Å²) in [6, 6.07) is 4.09.